The van der Waals surface area contributed by atoms with Crippen molar-refractivity contribution in [3.63, 3.8) is 0 Å². The van der Waals surface area contributed by atoms with Gasteiger partial charge in [0.15, 0.2) is 0 Å². The molecule has 0 aliphatic carbocycles. The van der Waals surface area contributed by atoms with E-state index in [1.807, 2.05) is 0 Å². The Hall–Kier alpha value is -0.120. The predicted octanol–water partition coefficient (Wildman–Crippen LogP) is 1.47. The van der Waals surface area contributed by atoms with Gasteiger partial charge in [-0.05, 0) is 37.9 Å². The number of hydrogen-bond acceptors (Lipinski definition) is 3. The third-order valence-electron chi connectivity index (χ3n) is 3.63. The Bertz CT molecular complexity index is 193. The summed E-state index contributed by atoms with van der Waals surface area (Å²) in [6, 6.07) is 0.597. The highest BCUT2D eigenvalue weighted by molar-refractivity contribution is 4.80. The van der Waals surface area contributed by atoms with Crippen LogP contribution in [0.1, 0.15) is 40.5 Å². The molecule has 1 rings (SSSR count). The first-order valence-electron chi connectivity index (χ1n) is 6.57. The van der Waals surface area contributed by atoms with Crippen molar-refractivity contribution in [2.75, 3.05) is 26.2 Å². The minimum absolute atomic E-state index is 0.0167. The van der Waals surface area contributed by atoms with Crippen LogP contribution in [0.25, 0.3) is 0 Å². The summed E-state index contributed by atoms with van der Waals surface area (Å²) in [6.07, 6.45) is 2.17. The molecule has 1 aliphatic heterocycles. The van der Waals surface area contributed by atoms with Gasteiger partial charge in [0.25, 0.3) is 0 Å². The smallest absolute Gasteiger partial charge is 0.0712 e. The molecule has 0 amide bonds. The third kappa shape index (κ3) is 4.40. The van der Waals surface area contributed by atoms with Gasteiger partial charge in [0.2, 0.25) is 0 Å². The van der Waals surface area contributed by atoms with Crippen LogP contribution in [0.2, 0.25) is 0 Å². The van der Waals surface area contributed by atoms with E-state index in [0.717, 1.165) is 13.1 Å². The van der Waals surface area contributed by atoms with Gasteiger partial charge in [-0.2, -0.15) is 0 Å². The van der Waals surface area contributed by atoms with Crippen molar-refractivity contribution in [2.45, 2.75) is 52.7 Å². The molecule has 1 fully saturated rings. The Morgan fingerprint density at radius 3 is 2.31 bits per heavy atom. The van der Waals surface area contributed by atoms with E-state index in [4.69, 9.17) is 0 Å². The molecule has 3 heteroatoms. The minimum Gasteiger partial charge on any atom is -0.391 e. The quantitative estimate of drug-likeness (QED) is 0.765. The van der Waals surface area contributed by atoms with E-state index in [2.05, 4.69) is 37.9 Å². The molecular weight excluding hydrogens is 200 g/mol. The first-order valence-corrected chi connectivity index (χ1v) is 6.57. The van der Waals surface area contributed by atoms with Crippen LogP contribution in [0.4, 0.5) is 0 Å². The molecule has 1 saturated heterocycles. The zero-order valence-corrected chi connectivity index (χ0v) is 11.3. The van der Waals surface area contributed by atoms with Gasteiger partial charge in [0.1, 0.15) is 0 Å². The molecule has 0 radical (unpaired) electrons. The number of nitrogens with zero attached hydrogens (tertiary/aromatic N) is 1. The van der Waals surface area contributed by atoms with Gasteiger partial charge in [0.05, 0.1) is 6.10 Å². The summed E-state index contributed by atoms with van der Waals surface area (Å²) in [7, 11) is 0. The van der Waals surface area contributed by atoms with Gasteiger partial charge in [-0.15, -0.1) is 0 Å². The third-order valence-corrected chi connectivity index (χ3v) is 3.63. The zero-order valence-electron chi connectivity index (χ0n) is 11.3. The number of hydrogen-bond donors (Lipinski definition) is 2. The topological polar surface area (TPSA) is 35.5 Å². The van der Waals surface area contributed by atoms with E-state index in [9.17, 15) is 5.11 Å². The summed E-state index contributed by atoms with van der Waals surface area (Å²) in [5.74, 6) is 0. The molecule has 1 aliphatic rings. The van der Waals surface area contributed by atoms with Crippen LogP contribution in [0, 0.1) is 5.41 Å². The molecular formula is C13H28N2O. The largest absolute Gasteiger partial charge is 0.391 e. The Morgan fingerprint density at radius 1 is 1.31 bits per heavy atom. The SMILES string of the molecule is CCN1CCC(NCC(O)C(C)(C)C)CC1. The Morgan fingerprint density at radius 2 is 1.88 bits per heavy atom. The second-order valence-electron chi connectivity index (χ2n) is 6.00. The maximum Gasteiger partial charge on any atom is 0.0712 e. The molecule has 0 saturated carbocycles. The van der Waals surface area contributed by atoms with Crippen LogP contribution in [-0.4, -0.2) is 48.3 Å². The van der Waals surface area contributed by atoms with Crippen LogP contribution in [0.3, 0.4) is 0 Å². The molecule has 3 nitrogen and oxygen atoms in total. The van der Waals surface area contributed by atoms with Crippen LogP contribution in [-0.2, 0) is 0 Å². The van der Waals surface area contributed by atoms with E-state index >= 15 is 0 Å². The highest BCUT2D eigenvalue weighted by Gasteiger charge is 2.24. The van der Waals surface area contributed by atoms with Crippen LogP contribution >= 0.6 is 0 Å². The molecule has 0 spiro atoms. The first kappa shape index (κ1) is 13.9. The number of rotatable bonds is 4. The van der Waals surface area contributed by atoms with Gasteiger partial charge in [0, 0.05) is 12.6 Å². The number of aliphatic hydroxyl groups excluding tert-OH is 1. The number of aliphatic hydroxyl groups is 1. The lowest BCUT2D eigenvalue weighted by atomic mass is 9.89. The fourth-order valence-electron chi connectivity index (χ4n) is 2.04. The highest BCUT2D eigenvalue weighted by Crippen LogP contribution is 2.19. The Labute approximate surface area is 100 Å². The molecule has 1 heterocycles. The molecule has 0 aromatic heterocycles. The van der Waals surface area contributed by atoms with Crippen molar-refractivity contribution in [1.82, 2.24) is 10.2 Å². The van der Waals surface area contributed by atoms with Crippen molar-refractivity contribution in [3.8, 4) is 0 Å². The summed E-state index contributed by atoms with van der Waals surface area (Å²) < 4.78 is 0. The van der Waals surface area contributed by atoms with Gasteiger partial charge in [-0.25, -0.2) is 0 Å². The molecule has 96 valence electrons. The van der Waals surface area contributed by atoms with Crippen molar-refractivity contribution in [3.05, 3.63) is 0 Å². The van der Waals surface area contributed by atoms with Crippen molar-refractivity contribution in [2.24, 2.45) is 5.41 Å². The van der Waals surface area contributed by atoms with Crippen molar-refractivity contribution < 1.29 is 5.11 Å². The van der Waals surface area contributed by atoms with E-state index in [1.54, 1.807) is 0 Å². The average Bonchev–Trinajstić information content (AvgIpc) is 2.25. The average molecular weight is 228 g/mol. The van der Waals surface area contributed by atoms with Crippen molar-refractivity contribution >= 4 is 0 Å². The molecule has 0 aromatic rings. The normalized spacial score (nSPS) is 22.3. The fourth-order valence-corrected chi connectivity index (χ4v) is 2.04. The second kappa shape index (κ2) is 5.99. The fraction of sp³-hybridized carbons (Fsp3) is 1.00. The molecule has 2 N–H and O–H groups in total. The predicted molar refractivity (Wildman–Crippen MR) is 68.6 cm³/mol. The minimum atomic E-state index is -0.253. The maximum atomic E-state index is 9.94. The van der Waals surface area contributed by atoms with Gasteiger partial charge < -0.3 is 15.3 Å². The van der Waals surface area contributed by atoms with Gasteiger partial charge >= 0.3 is 0 Å². The highest BCUT2D eigenvalue weighted by atomic mass is 16.3. The molecule has 0 aromatic carbocycles. The van der Waals surface area contributed by atoms with E-state index in [1.165, 1.54) is 25.9 Å². The maximum absolute atomic E-state index is 9.94. The standard InChI is InChI=1S/C13H28N2O/c1-5-15-8-6-11(7-9-15)14-10-12(16)13(2,3)4/h11-12,14,16H,5-10H2,1-4H3. The van der Waals surface area contributed by atoms with E-state index < -0.39 is 0 Å². The lowest BCUT2D eigenvalue weighted by molar-refractivity contribution is 0.0574. The lowest BCUT2D eigenvalue weighted by Crippen LogP contribution is -2.46. The zero-order chi connectivity index (χ0) is 12.2. The van der Waals surface area contributed by atoms with Crippen molar-refractivity contribution in [1.29, 1.82) is 0 Å². The van der Waals surface area contributed by atoms with Gasteiger partial charge in [-0.3, -0.25) is 0 Å². The van der Waals surface area contributed by atoms with Gasteiger partial charge in [-0.1, -0.05) is 27.7 Å². The summed E-state index contributed by atoms with van der Waals surface area (Å²) in [6.45, 7) is 12.7. The first-order chi connectivity index (χ1) is 7.43. The number of likely N-dealkylation sites (tertiary alicyclic amines) is 1. The molecule has 1 atom stereocenters. The second-order valence-corrected chi connectivity index (χ2v) is 6.00. The Balaban J connectivity index is 2.20. The summed E-state index contributed by atoms with van der Waals surface area (Å²) in [5, 5.41) is 13.4. The van der Waals surface area contributed by atoms with Crippen LogP contribution in [0.15, 0.2) is 0 Å². The lowest BCUT2D eigenvalue weighted by Gasteiger charge is -2.33. The summed E-state index contributed by atoms with van der Waals surface area (Å²) in [4.78, 5) is 2.48. The molecule has 1 unspecified atom stereocenters. The summed E-state index contributed by atoms with van der Waals surface area (Å²) >= 11 is 0. The summed E-state index contributed by atoms with van der Waals surface area (Å²) in [5.41, 5.74) is -0.0167. The Kier molecular flexibility index (Phi) is 5.22. The number of nitrogens with one attached hydrogen (secondary N) is 1. The van der Waals surface area contributed by atoms with E-state index in [-0.39, 0.29) is 11.5 Å². The molecule has 16 heavy (non-hydrogen) atoms. The van der Waals surface area contributed by atoms with Crippen LogP contribution in [0.5, 0.6) is 0 Å². The van der Waals surface area contributed by atoms with E-state index in [0.29, 0.717) is 6.04 Å². The van der Waals surface area contributed by atoms with Crippen LogP contribution < -0.4 is 5.32 Å². The monoisotopic (exact) mass is 228 g/mol. The molecule has 0 bridgehead atoms. The number of piperidine rings is 1.